The average Bonchev–Trinajstić information content (AvgIpc) is 2.38. The first kappa shape index (κ1) is 16.3. The maximum absolute atomic E-state index is 9.28. The highest BCUT2D eigenvalue weighted by molar-refractivity contribution is 9.10. The van der Waals surface area contributed by atoms with Gasteiger partial charge >= 0.3 is 0 Å². The molecule has 1 aromatic carbocycles. The molecule has 0 fully saturated rings. The number of halogens is 1. The van der Waals surface area contributed by atoms with Gasteiger partial charge in [-0.05, 0) is 25.5 Å². The monoisotopic (exact) mass is 331 g/mol. The average molecular weight is 332 g/mol. The van der Waals surface area contributed by atoms with Crippen LogP contribution >= 0.6 is 15.9 Å². The van der Waals surface area contributed by atoms with Gasteiger partial charge in [-0.1, -0.05) is 22.9 Å². The summed E-state index contributed by atoms with van der Waals surface area (Å²) < 4.78 is 12.1. The third-order valence-corrected chi connectivity index (χ3v) is 3.32. The number of nitrogens with one attached hydrogen (secondary N) is 1. The minimum Gasteiger partial charge on any atom is -0.493 e. The predicted octanol–water partition coefficient (Wildman–Crippen LogP) is 2.72. The third kappa shape index (κ3) is 5.01. The molecule has 0 saturated heterocycles. The van der Waals surface area contributed by atoms with Crippen LogP contribution in [-0.2, 0) is 6.54 Å². The van der Waals surface area contributed by atoms with Crippen LogP contribution in [0.25, 0.3) is 0 Å². The van der Waals surface area contributed by atoms with Crippen LogP contribution in [0.1, 0.15) is 25.8 Å². The van der Waals surface area contributed by atoms with Gasteiger partial charge in [-0.2, -0.15) is 0 Å². The fraction of sp³-hybridized carbons (Fsp3) is 0.571. The number of aliphatic hydroxyl groups is 1. The molecule has 1 rings (SSSR count). The summed E-state index contributed by atoms with van der Waals surface area (Å²) in [6.45, 7) is 5.62. The Balaban J connectivity index is 2.90. The Bertz CT molecular complexity index is 397. The molecule has 0 amide bonds. The van der Waals surface area contributed by atoms with Gasteiger partial charge in [0.25, 0.3) is 0 Å². The van der Waals surface area contributed by atoms with E-state index in [-0.39, 0.29) is 6.10 Å². The van der Waals surface area contributed by atoms with Crippen LogP contribution in [-0.4, -0.2) is 31.5 Å². The molecule has 0 bridgehead atoms. The Morgan fingerprint density at radius 3 is 2.74 bits per heavy atom. The van der Waals surface area contributed by atoms with Gasteiger partial charge in [-0.25, -0.2) is 0 Å². The molecule has 0 heterocycles. The first-order valence-electron chi connectivity index (χ1n) is 6.47. The summed E-state index contributed by atoms with van der Waals surface area (Å²) in [4.78, 5) is 0. The Hall–Kier alpha value is -0.780. The van der Waals surface area contributed by atoms with Crippen molar-refractivity contribution in [3.05, 3.63) is 22.2 Å². The van der Waals surface area contributed by atoms with E-state index in [0.29, 0.717) is 19.7 Å². The van der Waals surface area contributed by atoms with E-state index >= 15 is 0 Å². The number of ether oxygens (including phenoxy) is 2. The van der Waals surface area contributed by atoms with E-state index in [1.165, 1.54) is 0 Å². The molecule has 0 aromatic heterocycles. The molecule has 1 atom stereocenters. The van der Waals surface area contributed by atoms with Crippen molar-refractivity contribution in [3.63, 3.8) is 0 Å². The van der Waals surface area contributed by atoms with Gasteiger partial charge in [0, 0.05) is 23.1 Å². The van der Waals surface area contributed by atoms with Crippen molar-refractivity contribution in [3.8, 4) is 11.5 Å². The molecule has 108 valence electrons. The summed E-state index contributed by atoms with van der Waals surface area (Å²) in [5.74, 6) is 1.49. The third-order valence-electron chi connectivity index (χ3n) is 2.58. The normalized spacial score (nSPS) is 12.3. The number of hydrogen-bond donors (Lipinski definition) is 2. The van der Waals surface area contributed by atoms with E-state index in [9.17, 15) is 5.11 Å². The van der Waals surface area contributed by atoms with Crippen LogP contribution in [0.5, 0.6) is 11.5 Å². The molecule has 2 N–H and O–H groups in total. The van der Waals surface area contributed by atoms with Gasteiger partial charge in [0.15, 0.2) is 11.5 Å². The van der Waals surface area contributed by atoms with Crippen molar-refractivity contribution in [1.29, 1.82) is 0 Å². The fourth-order valence-corrected chi connectivity index (χ4v) is 2.13. The molecule has 5 heteroatoms. The van der Waals surface area contributed by atoms with Crippen molar-refractivity contribution in [2.75, 3.05) is 20.3 Å². The van der Waals surface area contributed by atoms with Crippen molar-refractivity contribution in [2.24, 2.45) is 0 Å². The van der Waals surface area contributed by atoms with E-state index in [0.717, 1.165) is 28.0 Å². The van der Waals surface area contributed by atoms with Gasteiger partial charge in [0.1, 0.15) is 0 Å². The lowest BCUT2D eigenvalue weighted by atomic mass is 10.1. The maximum atomic E-state index is 9.28. The second-order valence-electron chi connectivity index (χ2n) is 4.39. The van der Waals surface area contributed by atoms with E-state index in [1.54, 1.807) is 14.0 Å². The number of hydrogen-bond acceptors (Lipinski definition) is 4. The highest BCUT2D eigenvalue weighted by atomic mass is 79.9. The largest absolute Gasteiger partial charge is 0.493 e. The quantitative estimate of drug-likeness (QED) is 0.769. The molecule has 0 aliphatic carbocycles. The Morgan fingerprint density at radius 1 is 1.42 bits per heavy atom. The molecular formula is C14H22BrNO3. The minimum absolute atomic E-state index is 0.371. The number of benzene rings is 1. The molecule has 0 saturated carbocycles. The van der Waals surface area contributed by atoms with Crippen LogP contribution in [0.3, 0.4) is 0 Å². The number of rotatable bonds is 8. The Labute approximate surface area is 123 Å². The summed E-state index contributed by atoms with van der Waals surface area (Å²) in [6, 6.07) is 3.82. The van der Waals surface area contributed by atoms with Crippen molar-refractivity contribution < 1.29 is 14.6 Å². The molecule has 1 unspecified atom stereocenters. The number of methoxy groups -OCH3 is 1. The molecular weight excluding hydrogens is 310 g/mol. The summed E-state index contributed by atoms with van der Waals surface area (Å²) in [5, 5.41) is 12.5. The molecule has 19 heavy (non-hydrogen) atoms. The SMILES string of the molecule is CCCOc1c(OC)ccc(Br)c1CNCC(C)O. The van der Waals surface area contributed by atoms with Gasteiger partial charge < -0.3 is 19.9 Å². The van der Waals surface area contributed by atoms with Gasteiger partial charge in [-0.3, -0.25) is 0 Å². The van der Waals surface area contributed by atoms with Crippen molar-refractivity contribution in [2.45, 2.75) is 32.9 Å². The highest BCUT2D eigenvalue weighted by Gasteiger charge is 2.14. The van der Waals surface area contributed by atoms with E-state index in [2.05, 4.69) is 28.2 Å². The Kier molecular flexibility index (Phi) is 7.20. The fourth-order valence-electron chi connectivity index (χ4n) is 1.68. The predicted molar refractivity (Wildman–Crippen MR) is 79.9 cm³/mol. The van der Waals surface area contributed by atoms with Crippen molar-refractivity contribution in [1.82, 2.24) is 5.32 Å². The smallest absolute Gasteiger partial charge is 0.166 e. The van der Waals surface area contributed by atoms with Gasteiger partial charge in [-0.15, -0.1) is 0 Å². The van der Waals surface area contributed by atoms with E-state index in [1.807, 2.05) is 12.1 Å². The van der Waals surface area contributed by atoms with Crippen LogP contribution in [0.4, 0.5) is 0 Å². The lowest BCUT2D eigenvalue weighted by Gasteiger charge is -2.17. The molecule has 0 spiro atoms. The lowest BCUT2D eigenvalue weighted by molar-refractivity contribution is 0.190. The standard InChI is InChI=1S/C14H22BrNO3/c1-4-7-19-14-11(9-16-8-10(2)17)12(15)5-6-13(14)18-3/h5-6,10,16-17H,4,7-9H2,1-3H3. The van der Waals surface area contributed by atoms with Crippen LogP contribution in [0.15, 0.2) is 16.6 Å². The summed E-state index contributed by atoms with van der Waals surface area (Å²) >= 11 is 3.53. The van der Waals surface area contributed by atoms with E-state index in [4.69, 9.17) is 9.47 Å². The minimum atomic E-state index is -0.371. The maximum Gasteiger partial charge on any atom is 0.166 e. The highest BCUT2D eigenvalue weighted by Crippen LogP contribution is 2.36. The zero-order chi connectivity index (χ0) is 14.3. The summed E-state index contributed by atoms with van der Waals surface area (Å²) in [7, 11) is 1.63. The van der Waals surface area contributed by atoms with Crippen LogP contribution in [0, 0.1) is 0 Å². The van der Waals surface area contributed by atoms with Gasteiger partial charge in [0.05, 0.1) is 19.8 Å². The summed E-state index contributed by atoms with van der Waals surface area (Å²) in [6.07, 6.45) is 0.570. The molecule has 4 nitrogen and oxygen atoms in total. The molecule has 0 aliphatic heterocycles. The van der Waals surface area contributed by atoms with Crippen LogP contribution < -0.4 is 14.8 Å². The first-order chi connectivity index (χ1) is 9.10. The Morgan fingerprint density at radius 2 is 2.16 bits per heavy atom. The van der Waals surface area contributed by atoms with Crippen molar-refractivity contribution >= 4 is 15.9 Å². The van der Waals surface area contributed by atoms with E-state index < -0.39 is 0 Å². The van der Waals surface area contributed by atoms with Crippen LogP contribution in [0.2, 0.25) is 0 Å². The number of aliphatic hydroxyl groups excluding tert-OH is 1. The zero-order valence-corrected chi connectivity index (χ0v) is 13.3. The van der Waals surface area contributed by atoms with Gasteiger partial charge in [0.2, 0.25) is 0 Å². The molecule has 1 aromatic rings. The summed E-state index contributed by atoms with van der Waals surface area (Å²) in [5.41, 5.74) is 1.01. The molecule has 0 radical (unpaired) electrons. The zero-order valence-electron chi connectivity index (χ0n) is 11.7. The lowest BCUT2D eigenvalue weighted by Crippen LogP contribution is -2.24. The second-order valence-corrected chi connectivity index (χ2v) is 5.24. The topological polar surface area (TPSA) is 50.7 Å². The first-order valence-corrected chi connectivity index (χ1v) is 7.26. The second kappa shape index (κ2) is 8.40. The molecule has 0 aliphatic rings.